The summed E-state index contributed by atoms with van der Waals surface area (Å²) in [7, 11) is 0. The van der Waals surface area contributed by atoms with E-state index in [0.29, 0.717) is 0 Å². The summed E-state index contributed by atoms with van der Waals surface area (Å²) in [5.41, 5.74) is -0.388. The smallest absolute Gasteiger partial charge is 0.228 e. The van der Waals surface area contributed by atoms with Gasteiger partial charge in [-0.1, -0.05) is 20.8 Å². The molecule has 0 saturated carbocycles. The van der Waals surface area contributed by atoms with Crippen LogP contribution in [0.5, 0.6) is 0 Å². The van der Waals surface area contributed by atoms with Crippen molar-refractivity contribution in [2.24, 2.45) is 5.41 Å². The highest BCUT2D eigenvalue weighted by atomic mass is 16.2. The number of hydrogen-bond donors (Lipinski definition) is 1. The minimum absolute atomic E-state index is 0.0103. The Morgan fingerprint density at radius 3 is 2.12 bits per heavy atom. The Kier molecular flexibility index (Phi) is 3.14. The van der Waals surface area contributed by atoms with Crippen molar-refractivity contribution < 1.29 is 4.79 Å². The minimum Gasteiger partial charge on any atom is -0.334 e. The summed E-state index contributed by atoms with van der Waals surface area (Å²) in [6.45, 7) is 16.1. The first-order chi connectivity index (χ1) is 6.96. The normalized spacial score (nSPS) is 24.3. The lowest BCUT2D eigenvalue weighted by Gasteiger charge is -2.51. The van der Waals surface area contributed by atoms with Gasteiger partial charge >= 0.3 is 0 Å². The fourth-order valence-corrected chi connectivity index (χ4v) is 1.97. The molecule has 0 spiro atoms. The van der Waals surface area contributed by atoms with E-state index in [1.807, 2.05) is 25.7 Å². The molecule has 0 aromatic rings. The molecule has 0 aromatic carbocycles. The van der Waals surface area contributed by atoms with Crippen molar-refractivity contribution in [1.82, 2.24) is 10.2 Å². The van der Waals surface area contributed by atoms with Crippen molar-refractivity contribution in [3.63, 3.8) is 0 Å². The third kappa shape index (κ3) is 2.76. The number of nitrogens with zero attached hydrogens (tertiary/aromatic N) is 1. The van der Waals surface area contributed by atoms with E-state index in [4.69, 9.17) is 0 Å². The van der Waals surface area contributed by atoms with E-state index >= 15 is 0 Å². The molecule has 3 nitrogen and oxygen atoms in total. The van der Waals surface area contributed by atoms with Gasteiger partial charge in [0.25, 0.3) is 0 Å². The number of carbonyl (C=O) groups excluding carboxylic acids is 1. The van der Waals surface area contributed by atoms with Gasteiger partial charge in [0.15, 0.2) is 0 Å². The summed E-state index contributed by atoms with van der Waals surface area (Å²) in [5, 5.41) is 3.49. The first-order valence-electron chi connectivity index (χ1n) is 6.03. The highest BCUT2D eigenvalue weighted by Crippen LogP contribution is 2.28. The molecule has 0 radical (unpaired) electrons. The number of amides is 1. The summed E-state index contributed by atoms with van der Waals surface area (Å²) < 4.78 is 0. The van der Waals surface area contributed by atoms with Gasteiger partial charge < -0.3 is 10.2 Å². The standard InChI is InChI=1S/C13H26N2O/c1-11(2,3)10(16)15-9-12(4,5)14-8-13(15,6)7/h14H,8-9H2,1-7H3. The van der Waals surface area contributed by atoms with Crippen LogP contribution in [-0.4, -0.2) is 35.0 Å². The average molecular weight is 226 g/mol. The molecule has 1 amide bonds. The zero-order valence-electron chi connectivity index (χ0n) is 11.8. The topological polar surface area (TPSA) is 32.3 Å². The number of piperazine rings is 1. The molecular weight excluding hydrogens is 200 g/mol. The quantitative estimate of drug-likeness (QED) is 0.685. The molecule has 3 heteroatoms. The molecule has 0 atom stereocenters. The Labute approximate surface area is 99.6 Å². The van der Waals surface area contributed by atoms with Crippen LogP contribution in [0.25, 0.3) is 0 Å². The molecule has 16 heavy (non-hydrogen) atoms. The first kappa shape index (κ1) is 13.5. The SMILES string of the molecule is CC1(C)CN(C(=O)C(C)(C)C)C(C)(C)CN1. The Bertz CT molecular complexity index is 287. The van der Waals surface area contributed by atoms with Gasteiger partial charge in [-0.2, -0.15) is 0 Å². The highest BCUT2D eigenvalue weighted by Gasteiger charge is 2.43. The lowest BCUT2D eigenvalue weighted by molar-refractivity contribution is -0.148. The third-order valence-electron chi connectivity index (χ3n) is 3.17. The fourth-order valence-electron chi connectivity index (χ4n) is 1.97. The van der Waals surface area contributed by atoms with Gasteiger partial charge in [-0.05, 0) is 27.7 Å². The molecule has 0 bridgehead atoms. The zero-order valence-corrected chi connectivity index (χ0v) is 11.8. The largest absolute Gasteiger partial charge is 0.334 e. The first-order valence-corrected chi connectivity index (χ1v) is 6.03. The van der Waals surface area contributed by atoms with Gasteiger partial charge in [0.1, 0.15) is 0 Å². The lowest BCUT2D eigenvalue weighted by Crippen LogP contribution is -2.68. The van der Waals surface area contributed by atoms with Crippen molar-refractivity contribution >= 4 is 5.91 Å². The van der Waals surface area contributed by atoms with Gasteiger partial charge in [-0.15, -0.1) is 0 Å². The summed E-state index contributed by atoms with van der Waals surface area (Å²) in [6, 6.07) is 0. The van der Waals surface area contributed by atoms with Crippen LogP contribution in [0.3, 0.4) is 0 Å². The molecular formula is C13H26N2O. The number of rotatable bonds is 0. The molecule has 0 aromatic heterocycles. The monoisotopic (exact) mass is 226 g/mol. The van der Waals surface area contributed by atoms with Gasteiger partial charge in [-0.25, -0.2) is 0 Å². The third-order valence-corrected chi connectivity index (χ3v) is 3.17. The lowest BCUT2D eigenvalue weighted by atomic mass is 9.86. The second-order valence-electron chi connectivity index (χ2n) is 7.19. The Balaban J connectivity index is 2.95. The zero-order chi connectivity index (χ0) is 12.8. The van der Waals surface area contributed by atoms with Crippen molar-refractivity contribution in [2.75, 3.05) is 13.1 Å². The molecule has 0 aliphatic carbocycles. The number of nitrogens with one attached hydrogen (secondary N) is 1. The Morgan fingerprint density at radius 1 is 1.19 bits per heavy atom. The molecule has 1 heterocycles. The number of carbonyl (C=O) groups is 1. The van der Waals surface area contributed by atoms with Gasteiger partial charge in [0.2, 0.25) is 5.91 Å². The van der Waals surface area contributed by atoms with E-state index in [2.05, 4.69) is 33.0 Å². The van der Waals surface area contributed by atoms with Crippen molar-refractivity contribution in [1.29, 1.82) is 0 Å². The molecule has 1 N–H and O–H groups in total. The maximum absolute atomic E-state index is 12.4. The van der Waals surface area contributed by atoms with Gasteiger partial charge in [0.05, 0.1) is 0 Å². The second-order valence-corrected chi connectivity index (χ2v) is 7.19. The van der Waals surface area contributed by atoms with E-state index in [9.17, 15) is 4.79 Å². The van der Waals surface area contributed by atoms with Crippen LogP contribution in [0.4, 0.5) is 0 Å². The Morgan fingerprint density at radius 2 is 1.69 bits per heavy atom. The molecule has 1 aliphatic rings. The fraction of sp³-hybridized carbons (Fsp3) is 0.923. The summed E-state index contributed by atoms with van der Waals surface area (Å²) in [5.74, 6) is 0.243. The highest BCUT2D eigenvalue weighted by molar-refractivity contribution is 5.82. The van der Waals surface area contributed by atoms with E-state index < -0.39 is 0 Å². The van der Waals surface area contributed by atoms with Gasteiger partial charge in [0, 0.05) is 29.6 Å². The van der Waals surface area contributed by atoms with Crippen LogP contribution >= 0.6 is 0 Å². The second kappa shape index (κ2) is 3.73. The summed E-state index contributed by atoms with van der Waals surface area (Å²) in [4.78, 5) is 14.5. The van der Waals surface area contributed by atoms with Crippen molar-refractivity contribution in [3.05, 3.63) is 0 Å². The maximum atomic E-state index is 12.4. The van der Waals surface area contributed by atoms with E-state index in [-0.39, 0.29) is 22.4 Å². The molecule has 1 saturated heterocycles. The van der Waals surface area contributed by atoms with Crippen LogP contribution in [0, 0.1) is 5.41 Å². The summed E-state index contributed by atoms with van der Waals surface area (Å²) in [6.07, 6.45) is 0. The molecule has 1 fully saturated rings. The van der Waals surface area contributed by atoms with Crippen LogP contribution in [0.1, 0.15) is 48.5 Å². The minimum atomic E-state index is -0.301. The van der Waals surface area contributed by atoms with E-state index in [1.54, 1.807) is 0 Å². The Hall–Kier alpha value is -0.570. The van der Waals surface area contributed by atoms with Crippen LogP contribution < -0.4 is 5.32 Å². The van der Waals surface area contributed by atoms with Crippen molar-refractivity contribution in [3.8, 4) is 0 Å². The molecule has 1 aliphatic heterocycles. The predicted molar refractivity (Wildman–Crippen MR) is 67.3 cm³/mol. The van der Waals surface area contributed by atoms with E-state index in [0.717, 1.165) is 13.1 Å². The molecule has 0 unspecified atom stereocenters. The van der Waals surface area contributed by atoms with E-state index in [1.165, 1.54) is 0 Å². The summed E-state index contributed by atoms with van der Waals surface area (Å²) >= 11 is 0. The van der Waals surface area contributed by atoms with Crippen LogP contribution in [0.2, 0.25) is 0 Å². The average Bonchev–Trinajstić information content (AvgIpc) is 2.07. The predicted octanol–water partition coefficient (Wildman–Crippen LogP) is 2.02. The van der Waals surface area contributed by atoms with Crippen LogP contribution in [0.15, 0.2) is 0 Å². The maximum Gasteiger partial charge on any atom is 0.228 e. The molecule has 94 valence electrons. The van der Waals surface area contributed by atoms with Gasteiger partial charge in [-0.3, -0.25) is 4.79 Å². The number of hydrogen-bond acceptors (Lipinski definition) is 2. The van der Waals surface area contributed by atoms with Crippen molar-refractivity contribution in [2.45, 2.75) is 59.5 Å². The molecule has 1 rings (SSSR count). The van der Waals surface area contributed by atoms with Crippen LogP contribution in [-0.2, 0) is 4.79 Å².